The number of ether oxygens (including phenoxy) is 1. The van der Waals surface area contributed by atoms with Crippen LogP contribution in [0.25, 0.3) is 0 Å². The predicted molar refractivity (Wildman–Crippen MR) is 111 cm³/mol. The molecule has 156 valence electrons. The topological polar surface area (TPSA) is 68.1 Å². The van der Waals surface area contributed by atoms with Gasteiger partial charge in [0.2, 0.25) is 12.2 Å². The molecule has 5 heteroatoms. The number of nitrogens with zero attached hydrogens (tertiary/aromatic N) is 2. The van der Waals surface area contributed by atoms with Crippen LogP contribution >= 0.6 is 0 Å². The van der Waals surface area contributed by atoms with Crippen LogP contribution < -0.4 is 0 Å². The molecule has 0 atom stereocenters. The summed E-state index contributed by atoms with van der Waals surface area (Å²) in [4.78, 5) is 26.9. The number of rotatable bonds is 22. The van der Waals surface area contributed by atoms with Crippen molar-refractivity contribution >= 4 is 12.2 Å². The summed E-state index contributed by atoms with van der Waals surface area (Å²) in [7, 11) is 0. The summed E-state index contributed by atoms with van der Waals surface area (Å²) < 4.78 is 5.72. The third-order valence-corrected chi connectivity index (χ3v) is 4.75. The Hall–Kier alpha value is -1.28. The third kappa shape index (κ3) is 24.7. The van der Waals surface area contributed by atoms with Crippen molar-refractivity contribution in [3.63, 3.8) is 0 Å². The number of hydrogen-bond donors (Lipinski definition) is 0. The Kier molecular flexibility index (Phi) is 23.5. The van der Waals surface area contributed by atoms with E-state index >= 15 is 0 Å². The average Bonchev–Trinajstić information content (AvgIpc) is 2.68. The van der Waals surface area contributed by atoms with Crippen LogP contribution in [0.4, 0.5) is 0 Å². The van der Waals surface area contributed by atoms with Gasteiger partial charge in [-0.3, -0.25) is 0 Å². The van der Waals surface area contributed by atoms with Gasteiger partial charge in [-0.05, 0) is 25.7 Å². The van der Waals surface area contributed by atoms with E-state index in [1.807, 2.05) is 0 Å². The fraction of sp³-hybridized carbons (Fsp3) is 0.909. The molecule has 0 radical (unpaired) electrons. The van der Waals surface area contributed by atoms with E-state index in [9.17, 15) is 9.59 Å². The normalized spacial score (nSPS) is 10.4. The SMILES string of the molecule is O=C=NCCCCCCCCCCOCCCCCCCCCCN=C=O. The van der Waals surface area contributed by atoms with Gasteiger partial charge in [0.25, 0.3) is 0 Å². The quantitative estimate of drug-likeness (QED) is 0.133. The van der Waals surface area contributed by atoms with Gasteiger partial charge in [0, 0.05) is 13.2 Å². The largest absolute Gasteiger partial charge is 0.381 e. The van der Waals surface area contributed by atoms with Crippen LogP contribution in [0.3, 0.4) is 0 Å². The van der Waals surface area contributed by atoms with Crippen LogP contribution in [0.15, 0.2) is 9.98 Å². The molecule has 0 rings (SSSR count). The molecule has 0 aliphatic carbocycles. The molecule has 0 fully saturated rings. The van der Waals surface area contributed by atoms with Crippen LogP contribution in [0.2, 0.25) is 0 Å². The fourth-order valence-corrected chi connectivity index (χ4v) is 3.10. The van der Waals surface area contributed by atoms with Crippen molar-refractivity contribution in [3.8, 4) is 0 Å². The third-order valence-electron chi connectivity index (χ3n) is 4.75. The molecule has 5 nitrogen and oxygen atoms in total. The van der Waals surface area contributed by atoms with Crippen molar-refractivity contribution in [2.75, 3.05) is 26.3 Å². The van der Waals surface area contributed by atoms with E-state index in [0.717, 1.165) is 26.1 Å². The van der Waals surface area contributed by atoms with E-state index in [2.05, 4.69) is 9.98 Å². The van der Waals surface area contributed by atoms with Crippen molar-refractivity contribution in [1.29, 1.82) is 0 Å². The molecule has 0 aliphatic heterocycles. The lowest BCUT2D eigenvalue weighted by atomic mass is 10.1. The van der Waals surface area contributed by atoms with Crippen molar-refractivity contribution < 1.29 is 14.3 Å². The Balaban J connectivity index is 3.01. The zero-order valence-electron chi connectivity index (χ0n) is 17.3. The number of aliphatic imine (C=N–C) groups is 2. The number of isocyanates is 2. The number of hydrogen-bond acceptors (Lipinski definition) is 5. The van der Waals surface area contributed by atoms with E-state index in [0.29, 0.717) is 13.1 Å². The van der Waals surface area contributed by atoms with Gasteiger partial charge >= 0.3 is 0 Å². The molecule has 0 aliphatic rings. The second-order valence-electron chi connectivity index (χ2n) is 7.22. The first-order valence-corrected chi connectivity index (χ1v) is 11.1. The van der Waals surface area contributed by atoms with E-state index in [-0.39, 0.29) is 0 Å². The lowest BCUT2D eigenvalue weighted by Crippen LogP contribution is -1.97. The molecule has 27 heavy (non-hydrogen) atoms. The summed E-state index contributed by atoms with van der Waals surface area (Å²) in [5.41, 5.74) is 0. The highest BCUT2D eigenvalue weighted by atomic mass is 16.5. The van der Waals surface area contributed by atoms with E-state index in [4.69, 9.17) is 4.74 Å². The van der Waals surface area contributed by atoms with Crippen LogP contribution in [0.1, 0.15) is 103 Å². The van der Waals surface area contributed by atoms with Crippen LogP contribution in [-0.2, 0) is 14.3 Å². The first-order valence-electron chi connectivity index (χ1n) is 11.1. The minimum atomic E-state index is 0.639. The summed E-state index contributed by atoms with van der Waals surface area (Å²) in [6.45, 7) is 3.10. The molecule has 0 saturated heterocycles. The minimum absolute atomic E-state index is 0.639. The van der Waals surface area contributed by atoms with E-state index < -0.39 is 0 Å². The van der Waals surface area contributed by atoms with Gasteiger partial charge in [0.15, 0.2) is 0 Å². The van der Waals surface area contributed by atoms with Gasteiger partial charge < -0.3 is 4.74 Å². The van der Waals surface area contributed by atoms with Crippen molar-refractivity contribution in [2.45, 2.75) is 103 Å². The summed E-state index contributed by atoms with van der Waals surface area (Å²) in [6, 6.07) is 0. The number of carbonyl (C=O) groups excluding carboxylic acids is 2. The Labute approximate surface area is 166 Å². The highest BCUT2D eigenvalue weighted by molar-refractivity contribution is 5.32. The maximum Gasteiger partial charge on any atom is 0.234 e. The molecule has 0 unspecified atom stereocenters. The Morgan fingerprint density at radius 3 is 1.07 bits per heavy atom. The molecule has 0 amide bonds. The summed E-state index contributed by atoms with van der Waals surface area (Å²) in [5.74, 6) is 0. The predicted octanol–water partition coefficient (Wildman–Crippen LogP) is 5.92. The Morgan fingerprint density at radius 1 is 0.444 bits per heavy atom. The molecule has 0 heterocycles. The number of unbranched alkanes of at least 4 members (excludes halogenated alkanes) is 14. The van der Waals surface area contributed by atoms with Gasteiger partial charge in [-0.15, -0.1) is 0 Å². The second kappa shape index (κ2) is 24.7. The van der Waals surface area contributed by atoms with Gasteiger partial charge in [0.1, 0.15) is 0 Å². The molecular formula is C22H40N2O3. The molecule has 0 N–H and O–H groups in total. The molecule has 0 bridgehead atoms. The summed E-state index contributed by atoms with van der Waals surface area (Å²) >= 11 is 0. The van der Waals surface area contributed by atoms with E-state index in [1.54, 1.807) is 12.2 Å². The molecule has 0 aromatic rings. The zero-order chi connectivity index (χ0) is 19.7. The highest BCUT2D eigenvalue weighted by Gasteiger charge is 1.95. The first-order chi connectivity index (χ1) is 13.4. The zero-order valence-corrected chi connectivity index (χ0v) is 17.3. The lowest BCUT2D eigenvalue weighted by Gasteiger charge is -2.05. The van der Waals surface area contributed by atoms with Gasteiger partial charge in [-0.2, -0.15) is 0 Å². The fourth-order valence-electron chi connectivity index (χ4n) is 3.10. The molecule has 0 aromatic carbocycles. The molecular weight excluding hydrogens is 340 g/mol. The van der Waals surface area contributed by atoms with Gasteiger partial charge in [-0.25, -0.2) is 19.6 Å². The van der Waals surface area contributed by atoms with Crippen LogP contribution in [0.5, 0.6) is 0 Å². The monoisotopic (exact) mass is 380 g/mol. The molecule has 0 saturated carbocycles. The first kappa shape index (κ1) is 25.7. The van der Waals surface area contributed by atoms with Gasteiger partial charge in [0.05, 0.1) is 13.1 Å². The molecule has 0 aromatic heterocycles. The minimum Gasteiger partial charge on any atom is -0.381 e. The highest BCUT2D eigenvalue weighted by Crippen LogP contribution is 2.10. The standard InChI is InChI=1S/C22H40N2O3/c25-21-23-17-13-9-5-1-3-7-11-15-19-27-20-16-12-8-4-2-6-10-14-18-24-22-26/h1-20H2. The molecule has 0 spiro atoms. The van der Waals surface area contributed by atoms with Crippen molar-refractivity contribution in [3.05, 3.63) is 0 Å². The van der Waals surface area contributed by atoms with Crippen molar-refractivity contribution in [2.24, 2.45) is 9.98 Å². The van der Waals surface area contributed by atoms with Crippen molar-refractivity contribution in [1.82, 2.24) is 0 Å². The lowest BCUT2D eigenvalue weighted by molar-refractivity contribution is 0.125. The summed E-state index contributed by atoms with van der Waals surface area (Å²) in [6.07, 6.45) is 22.7. The summed E-state index contributed by atoms with van der Waals surface area (Å²) in [5, 5.41) is 0. The maximum absolute atomic E-state index is 9.91. The Morgan fingerprint density at radius 2 is 0.741 bits per heavy atom. The van der Waals surface area contributed by atoms with Gasteiger partial charge in [-0.1, -0.05) is 77.0 Å². The van der Waals surface area contributed by atoms with E-state index in [1.165, 1.54) is 89.9 Å². The Bertz CT molecular complexity index is 353. The average molecular weight is 381 g/mol. The van der Waals surface area contributed by atoms with Crippen LogP contribution in [-0.4, -0.2) is 38.5 Å². The van der Waals surface area contributed by atoms with Crippen LogP contribution in [0, 0.1) is 0 Å². The smallest absolute Gasteiger partial charge is 0.234 e. The second-order valence-corrected chi connectivity index (χ2v) is 7.22. The maximum atomic E-state index is 9.91.